The first-order valence-corrected chi connectivity index (χ1v) is 13.6. The van der Waals surface area contributed by atoms with Gasteiger partial charge in [-0.05, 0) is 85.7 Å². The highest BCUT2D eigenvalue weighted by Gasteiger charge is 2.37. The van der Waals surface area contributed by atoms with E-state index in [9.17, 15) is 24.9 Å². The molecular weight excluding hydrogens is 508 g/mol. The summed E-state index contributed by atoms with van der Waals surface area (Å²) in [6, 6.07) is 18.0. The van der Waals surface area contributed by atoms with Crippen molar-refractivity contribution in [2.75, 3.05) is 11.9 Å². The third-order valence-electron chi connectivity index (χ3n) is 7.05. The van der Waals surface area contributed by atoms with Crippen molar-refractivity contribution in [3.05, 3.63) is 83.2 Å². The van der Waals surface area contributed by atoms with Crippen LogP contribution in [0.1, 0.15) is 68.5 Å². The molecule has 8 heteroatoms. The highest BCUT2D eigenvalue weighted by molar-refractivity contribution is 5.94. The summed E-state index contributed by atoms with van der Waals surface area (Å²) in [5.41, 5.74) is 2.99. The molecule has 0 saturated carbocycles. The molecule has 1 heterocycles. The lowest BCUT2D eigenvalue weighted by atomic mass is 9.79. The van der Waals surface area contributed by atoms with E-state index in [-0.39, 0.29) is 23.8 Å². The lowest BCUT2D eigenvalue weighted by Crippen LogP contribution is -2.34. The molecule has 0 spiro atoms. The Bertz CT molecular complexity index is 1320. The quantitative estimate of drug-likeness (QED) is 0.128. The van der Waals surface area contributed by atoms with E-state index in [2.05, 4.69) is 10.3 Å². The summed E-state index contributed by atoms with van der Waals surface area (Å²) < 4.78 is 5.78. The number of carbonyl (C=O) groups excluding carboxylic acids is 1. The van der Waals surface area contributed by atoms with Crippen LogP contribution in [0.4, 0.5) is 5.69 Å². The summed E-state index contributed by atoms with van der Waals surface area (Å²) in [4.78, 5) is 28.9. The SMILES string of the molecule is CCC(CC)(CC(=O)Nc1cccc(C=Cc2cccc(COCCCCc3ccc(O)c(O)c3)n2)c1)C(=O)O. The first-order chi connectivity index (χ1) is 19.2. The van der Waals surface area contributed by atoms with Crippen molar-refractivity contribution in [3.63, 3.8) is 0 Å². The smallest absolute Gasteiger partial charge is 0.310 e. The highest BCUT2D eigenvalue weighted by atomic mass is 16.5. The molecule has 1 aromatic heterocycles. The Hall–Kier alpha value is -4.17. The van der Waals surface area contributed by atoms with Crippen molar-refractivity contribution in [2.24, 2.45) is 5.41 Å². The van der Waals surface area contributed by atoms with Gasteiger partial charge in [-0.2, -0.15) is 0 Å². The van der Waals surface area contributed by atoms with E-state index in [1.54, 1.807) is 32.0 Å². The molecule has 8 nitrogen and oxygen atoms in total. The molecule has 0 unspecified atom stereocenters. The zero-order valence-electron chi connectivity index (χ0n) is 23.1. The van der Waals surface area contributed by atoms with E-state index >= 15 is 0 Å². The van der Waals surface area contributed by atoms with Crippen molar-refractivity contribution < 1.29 is 29.6 Å². The average molecular weight is 547 g/mol. The molecular formula is C32H38N2O6. The van der Waals surface area contributed by atoms with Gasteiger partial charge in [-0.15, -0.1) is 0 Å². The number of nitrogens with zero attached hydrogens (tertiary/aromatic N) is 1. The third kappa shape index (κ3) is 8.95. The molecule has 0 aliphatic heterocycles. The molecule has 3 aromatic rings. The Morgan fingerprint density at radius 3 is 2.45 bits per heavy atom. The number of hydrogen-bond donors (Lipinski definition) is 4. The number of ether oxygens (including phenoxy) is 1. The van der Waals surface area contributed by atoms with Crippen molar-refractivity contribution in [2.45, 2.75) is 59.0 Å². The predicted molar refractivity (Wildman–Crippen MR) is 156 cm³/mol. The molecule has 0 aliphatic carbocycles. The second kappa shape index (κ2) is 14.8. The number of phenolic OH excluding ortho intramolecular Hbond substituents is 2. The summed E-state index contributed by atoms with van der Waals surface area (Å²) in [7, 11) is 0. The Kier molecular flexibility index (Phi) is 11.3. The van der Waals surface area contributed by atoms with Gasteiger partial charge in [0.15, 0.2) is 11.5 Å². The molecule has 0 fully saturated rings. The molecule has 0 bridgehead atoms. The van der Waals surface area contributed by atoms with Gasteiger partial charge < -0.3 is 25.4 Å². The molecule has 0 aliphatic rings. The maximum absolute atomic E-state index is 12.6. The largest absolute Gasteiger partial charge is 0.504 e. The van der Waals surface area contributed by atoms with Crippen LogP contribution in [0.5, 0.6) is 11.5 Å². The number of benzene rings is 2. The molecule has 3 rings (SSSR count). The maximum Gasteiger partial charge on any atom is 0.310 e. The van der Waals surface area contributed by atoms with E-state index in [4.69, 9.17) is 4.74 Å². The summed E-state index contributed by atoms with van der Waals surface area (Å²) in [5, 5.41) is 31.4. The Morgan fingerprint density at radius 1 is 0.950 bits per heavy atom. The normalized spacial score (nSPS) is 11.6. The van der Waals surface area contributed by atoms with Crippen LogP contribution >= 0.6 is 0 Å². The minimum Gasteiger partial charge on any atom is -0.504 e. The zero-order valence-corrected chi connectivity index (χ0v) is 23.1. The van der Waals surface area contributed by atoms with Gasteiger partial charge in [0.1, 0.15) is 0 Å². The predicted octanol–water partition coefficient (Wildman–Crippen LogP) is 6.42. The van der Waals surface area contributed by atoms with Crippen LogP contribution in [0.15, 0.2) is 60.7 Å². The molecule has 0 atom stereocenters. The lowest BCUT2D eigenvalue weighted by Gasteiger charge is -2.25. The standard InChI is InChI=1S/C32H38N2O6/c1-3-32(4-2,31(38)39)21-30(37)34-26-12-7-10-23(19-26)14-16-25-11-8-13-27(33-25)22-40-18-6-5-9-24-15-17-28(35)29(36)20-24/h7-8,10-17,19-20,35-36H,3-6,9,18,21-22H2,1-2H3,(H,34,37)(H,38,39). The summed E-state index contributed by atoms with van der Waals surface area (Å²) in [5.74, 6) is -1.48. The van der Waals surface area contributed by atoms with E-state index < -0.39 is 11.4 Å². The summed E-state index contributed by atoms with van der Waals surface area (Å²) in [6.07, 6.45) is 7.06. The number of carboxylic acids is 1. The second-order valence-electron chi connectivity index (χ2n) is 9.86. The number of pyridine rings is 1. The van der Waals surface area contributed by atoms with Crippen LogP contribution < -0.4 is 5.32 Å². The number of rotatable bonds is 15. The number of amides is 1. The zero-order chi connectivity index (χ0) is 29.0. The van der Waals surface area contributed by atoms with E-state index in [0.29, 0.717) is 31.7 Å². The Morgan fingerprint density at radius 2 is 1.73 bits per heavy atom. The average Bonchev–Trinajstić information content (AvgIpc) is 2.94. The minimum atomic E-state index is -1.05. The van der Waals surface area contributed by atoms with Gasteiger partial charge >= 0.3 is 5.97 Å². The molecule has 40 heavy (non-hydrogen) atoms. The number of aromatic nitrogens is 1. The Labute approximate surface area is 235 Å². The number of hydrogen-bond acceptors (Lipinski definition) is 6. The fourth-order valence-electron chi connectivity index (χ4n) is 4.40. The highest BCUT2D eigenvalue weighted by Crippen LogP contribution is 2.31. The number of phenols is 2. The van der Waals surface area contributed by atoms with E-state index in [1.165, 1.54) is 6.07 Å². The molecule has 2 aromatic carbocycles. The van der Waals surface area contributed by atoms with Crippen molar-refractivity contribution in [1.29, 1.82) is 0 Å². The summed E-state index contributed by atoms with van der Waals surface area (Å²) in [6.45, 7) is 4.58. The van der Waals surface area contributed by atoms with Gasteiger partial charge in [0, 0.05) is 18.7 Å². The summed E-state index contributed by atoms with van der Waals surface area (Å²) >= 11 is 0. The first kappa shape index (κ1) is 30.4. The fourth-order valence-corrected chi connectivity index (χ4v) is 4.40. The topological polar surface area (TPSA) is 129 Å². The number of nitrogens with one attached hydrogen (secondary N) is 1. The van der Waals surface area contributed by atoms with Crippen molar-refractivity contribution in [1.82, 2.24) is 4.98 Å². The van der Waals surface area contributed by atoms with Gasteiger partial charge in [0.25, 0.3) is 0 Å². The monoisotopic (exact) mass is 546 g/mol. The van der Waals surface area contributed by atoms with Gasteiger partial charge in [-0.1, -0.05) is 44.2 Å². The van der Waals surface area contributed by atoms with Gasteiger partial charge in [-0.3, -0.25) is 14.6 Å². The number of unbranched alkanes of at least 4 members (excludes halogenated alkanes) is 1. The van der Waals surface area contributed by atoms with Crippen LogP contribution in [0.3, 0.4) is 0 Å². The molecule has 0 radical (unpaired) electrons. The van der Waals surface area contributed by atoms with Crippen molar-refractivity contribution in [3.8, 4) is 11.5 Å². The Balaban J connectivity index is 1.47. The van der Waals surface area contributed by atoms with E-state index in [0.717, 1.165) is 41.8 Å². The van der Waals surface area contributed by atoms with Gasteiger partial charge in [0.2, 0.25) is 5.91 Å². The number of aliphatic carboxylic acids is 1. The van der Waals surface area contributed by atoms with E-state index in [1.807, 2.05) is 48.6 Å². The number of anilines is 1. The van der Waals surface area contributed by atoms with Crippen LogP contribution in [0, 0.1) is 5.41 Å². The van der Waals surface area contributed by atoms with Gasteiger partial charge in [-0.25, -0.2) is 0 Å². The number of aromatic hydroxyl groups is 2. The number of carbonyl (C=O) groups is 2. The number of carboxylic acid groups (broad SMARTS) is 1. The number of aryl methyl sites for hydroxylation is 1. The van der Waals surface area contributed by atoms with Crippen LogP contribution in [0.25, 0.3) is 12.2 Å². The molecule has 0 saturated heterocycles. The van der Waals surface area contributed by atoms with Crippen LogP contribution in [-0.4, -0.2) is 38.8 Å². The third-order valence-corrected chi connectivity index (χ3v) is 7.05. The van der Waals surface area contributed by atoms with Crippen LogP contribution in [0.2, 0.25) is 0 Å². The molecule has 4 N–H and O–H groups in total. The second-order valence-corrected chi connectivity index (χ2v) is 9.86. The van der Waals surface area contributed by atoms with Crippen molar-refractivity contribution >= 4 is 29.7 Å². The fraction of sp³-hybridized carbons (Fsp3) is 0.344. The molecule has 1 amide bonds. The van der Waals surface area contributed by atoms with Gasteiger partial charge in [0.05, 0.1) is 23.4 Å². The van der Waals surface area contributed by atoms with Crippen LogP contribution in [-0.2, 0) is 27.4 Å². The lowest BCUT2D eigenvalue weighted by molar-refractivity contribution is -0.151. The molecule has 212 valence electrons. The first-order valence-electron chi connectivity index (χ1n) is 13.6. The minimum absolute atomic E-state index is 0.0723. The maximum atomic E-state index is 12.6.